The lowest BCUT2D eigenvalue weighted by atomic mass is 9.77. The SMILES string of the molecule is CCC(C)[C@@H]1Nc2ccc(C(N)=O)cc2[C@H](Nc2cccc(I)n2)[C@H]1C. The molecule has 2 aromatic rings. The molecule has 6 heteroatoms. The topological polar surface area (TPSA) is 80.0 Å². The Morgan fingerprint density at radius 1 is 1.38 bits per heavy atom. The highest BCUT2D eigenvalue weighted by atomic mass is 127. The second-order valence-corrected chi connectivity index (χ2v) is 8.15. The molecule has 0 saturated carbocycles. The molecule has 3 rings (SSSR count). The number of rotatable bonds is 5. The predicted molar refractivity (Wildman–Crippen MR) is 114 cm³/mol. The molecule has 1 aliphatic heterocycles. The number of carbonyl (C=O) groups is 1. The van der Waals surface area contributed by atoms with Crippen LogP contribution in [0.4, 0.5) is 11.5 Å². The Labute approximate surface area is 168 Å². The van der Waals surface area contributed by atoms with Crippen molar-refractivity contribution in [2.75, 3.05) is 10.6 Å². The van der Waals surface area contributed by atoms with Crippen LogP contribution in [0, 0.1) is 15.5 Å². The van der Waals surface area contributed by atoms with Crippen molar-refractivity contribution < 1.29 is 4.79 Å². The van der Waals surface area contributed by atoms with Crippen LogP contribution in [-0.2, 0) is 0 Å². The molecule has 4 N–H and O–H groups in total. The molecule has 0 fully saturated rings. The lowest BCUT2D eigenvalue weighted by Crippen LogP contribution is -2.43. The smallest absolute Gasteiger partial charge is 0.248 e. The summed E-state index contributed by atoms with van der Waals surface area (Å²) in [4.78, 5) is 16.3. The highest BCUT2D eigenvalue weighted by molar-refractivity contribution is 14.1. The third-order valence-corrected chi connectivity index (χ3v) is 5.96. The Morgan fingerprint density at radius 2 is 2.15 bits per heavy atom. The molecule has 26 heavy (non-hydrogen) atoms. The minimum Gasteiger partial charge on any atom is -0.381 e. The summed E-state index contributed by atoms with van der Waals surface area (Å²) in [6.45, 7) is 6.74. The van der Waals surface area contributed by atoms with Crippen molar-refractivity contribution in [1.29, 1.82) is 0 Å². The fraction of sp³-hybridized carbons (Fsp3) is 0.400. The summed E-state index contributed by atoms with van der Waals surface area (Å²) >= 11 is 2.21. The van der Waals surface area contributed by atoms with E-state index in [1.54, 1.807) is 6.07 Å². The second-order valence-electron chi connectivity index (χ2n) is 7.05. The first kappa shape index (κ1) is 18.9. The first-order valence-electron chi connectivity index (χ1n) is 9.00. The van der Waals surface area contributed by atoms with Gasteiger partial charge in [0.2, 0.25) is 5.91 Å². The van der Waals surface area contributed by atoms with Crippen LogP contribution in [0.15, 0.2) is 36.4 Å². The largest absolute Gasteiger partial charge is 0.381 e. The van der Waals surface area contributed by atoms with Gasteiger partial charge in [0, 0.05) is 23.2 Å². The zero-order valence-electron chi connectivity index (χ0n) is 15.3. The van der Waals surface area contributed by atoms with Crippen molar-refractivity contribution in [3.63, 3.8) is 0 Å². The van der Waals surface area contributed by atoms with Crippen molar-refractivity contribution in [3.05, 3.63) is 51.2 Å². The lowest BCUT2D eigenvalue weighted by Gasteiger charge is -2.42. The van der Waals surface area contributed by atoms with E-state index < -0.39 is 5.91 Å². The average Bonchev–Trinajstić information content (AvgIpc) is 2.62. The number of nitrogens with one attached hydrogen (secondary N) is 2. The number of hydrogen-bond acceptors (Lipinski definition) is 4. The van der Waals surface area contributed by atoms with Gasteiger partial charge in [0.15, 0.2) is 0 Å². The highest BCUT2D eigenvalue weighted by Gasteiger charge is 2.36. The van der Waals surface area contributed by atoms with Crippen molar-refractivity contribution >= 4 is 40.0 Å². The Bertz CT molecular complexity index is 810. The van der Waals surface area contributed by atoms with Gasteiger partial charge in [-0.1, -0.05) is 33.3 Å². The van der Waals surface area contributed by atoms with Crippen LogP contribution in [0.2, 0.25) is 0 Å². The monoisotopic (exact) mass is 464 g/mol. The molecule has 0 aliphatic carbocycles. The minimum absolute atomic E-state index is 0.0512. The number of amides is 1. The first-order chi connectivity index (χ1) is 12.4. The molecule has 1 aromatic carbocycles. The summed E-state index contributed by atoms with van der Waals surface area (Å²) in [7, 11) is 0. The molecular formula is C20H25IN4O. The summed E-state index contributed by atoms with van der Waals surface area (Å²) in [5.74, 6) is 1.28. The number of aromatic nitrogens is 1. The molecule has 1 aromatic heterocycles. The number of pyridine rings is 1. The number of nitrogens with zero attached hydrogens (tertiary/aromatic N) is 1. The Balaban J connectivity index is 2.03. The van der Waals surface area contributed by atoms with Gasteiger partial charge in [-0.25, -0.2) is 4.98 Å². The van der Waals surface area contributed by atoms with Crippen LogP contribution in [0.5, 0.6) is 0 Å². The van der Waals surface area contributed by atoms with Gasteiger partial charge in [0.05, 0.1) is 6.04 Å². The normalized spacial score (nSPS) is 22.8. The first-order valence-corrected chi connectivity index (χ1v) is 10.1. The van der Waals surface area contributed by atoms with E-state index in [2.05, 4.69) is 59.0 Å². The molecule has 0 bridgehead atoms. The summed E-state index contributed by atoms with van der Waals surface area (Å²) in [5, 5.41) is 7.27. The van der Waals surface area contributed by atoms with Crippen LogP contribution in [0.1, 0.15) is 49.2 Å². The zero-order chi connectivity index (χ0) is 18.8. The summed E-state index contributed by atoms with van der Waals surface area (Å²) in [5.41, 5.74) is 8.15. The number of anilines is 2. The fourth-order valence-electron chi connectivity index (χ4n) is 3.68. The Hall–Kier alpha value is -1.83. The number of primary amides is 1. The standard InChI is InChI=1S/C20H25IN4O/c1-4-11(2)18-12(3)19(25-17-7-5-6-16(21)24-17)14-10-13(20(22)26)8-9-15(14)23-18/h5-12,18-19,23H,4H2,1-3H3,(H2,22,26)(H,24,25)/t11?,12-,18-,19+/m0/s1. The van der Waals surface area contributed by atoms with E-state index in [-0.39, 0.29) is 6.04 Å². The highest BCUT2D eigenvalue weighted by Crippen LogP contribution is 2.41. The molecule has 0 radical (unpaired) electrons. The fourth-order valence-corrected chi connectivity index (χ4v) is 4.15. The Morgan fingerprint density at radius 3 is 2.81 bits per heavy atom. The van der Waals surface area contributed by atoms with E-state index in [1.165, 1.54) is 0 Å². The maximum absolute atomic E-state index is 11.7. The molecule has 138 valence electrons. The van der Waals surface area contributed by atoms with Crippen LogP contribution in [0.3, 0.4) is 0 Å². The molecular weight excluding hydrogens is 439 g/mol. The molecule has 2 heterocycles. The number of nitrogens with two attached hydrogens (primary N) is 1. The van der Waals surface area contributed by atoms with Gasteiger partial charge in [-0.3, -0.25) is 4.79 Å². The zero-order valence-corrected chi connectivity index (χ0v) is 17.4. The van der Waals surface area contributed by atoms with Crippen LogP contribution in [0.25, 0.3) is 0 Å². The van der Waals surface area contributed by atoms with Gasteiger partial charge in [0.1, 0.15) is 9.52 Å². The van der Waals surface area contributed by atoms with E-state index >= 15 is 0 Å². The van der Waals surface area contributed by atoms with E-state index in [9.17, 15) is 4.79 Å². The molecule has 4 atom stereocenters. The number of benzene rings is 1. The van der Waals surface area contributed by atoms with Crippen LogP contribution >= 0.6 is 22.6 Å². The minimum atomic E-state index is -0.407. The molecule has 1 unspecified atom stereocenters. The number of halogens is 1. The molecule has 5 nitrogen and oxygen atoms in total. The van der Waals surface area contributed by atoms with Crippen LogP contribution in [-0.4, -0.2) is 16.9 Å². The van der Waals surface area contributed by atoms with Crippen molar-refractivity contribution in [2.24, 2.45) is 17.6 Å². The second kappa shape index (κ2) is 7.82. The van der Waals surface area contributed by atoms with Crippen molar-refractivity contribution in [2.45, 2.75) is 39.3 Å². The van der Waals surface area contributed by atoms with Crippen molar-refractivity contribution in [3.8, 4) is 0 Å². The van der Waals surface area contributed by atoms with E-state index in [0.717, 1.165) is 27.2 Å². The molecule has 0 saturated heterocycles. The summed E-state index contributed by atoms with van der Waals surface area (Å²) < 4.78 is 0.943. The van der Waals surface area contributed by atoms with Gasteiger partial charge >= 0.3 is 0 Å². The Kier molecular flexibility index (Phi) is 5.70. The van der Waals surface area contributed by atoms with Gasteiger partial charge in [-0.2, -0.15) is 0 Å². The third-order valence-electron chi connectivity index (χ3n) is 5.36. The number of fused-ring (bicyclic) bond motifs is 1. The maximum atomic E-state index is 11.7. The lowest BCUT2D eigenvalue weighted by molar-refractivity contribution is 0.1000. The third kappa shape index (κ3) is 3.79. The number of carbonyl (C=O) groups excluding carboxylic acids is 1. The van der Waals surface area contributed by atoms with Crippen molar-refractivity contribution in [1.82, 2.24) is 4.98 Å². The van der Waals surface area contributed by atoms with E-state index in [1.807, 2.05) is 30.3 Å². The van der Waals surface area contributed by atoms with E-state index in [4.69, 9.17) is 5.73 Å². The maximum Gasteiger partial charge on any atom is 0.248 e. The van der Waals surface area contributed by atoms with Gasteiger partial charge < -0.3 is 16.4 Å². The van der Waals surface area contributed by atoms with Gasteiger partial charge in [-0.15, -0.1) is 0 Å². The molecule has 0 spiro atoms. The summed E-state index contributed by atoms with van der Waals surface area (Å²) in [6.07, 6.45) is 1.10. The van der Waals surface area contributed by atoms with Crippen LogP contribution < -0.4 is 16.4 Å². The molecule has 1 aliphatic rings. The van der Waals surface area contributed by atoms with Gasteiger partial charge in [0.25, 0.3) is 0 Å². The quantitative estimate of drug-likeness (QED) is 0.452. The predicted octanol–water partition coefficient (Wildman–Crippen LogP) is 4.41. The number of hydrogen-bond donors (Lipinski definition) is 3. The van der Waals surface area contributed by atoms with E-state index in [0.29, 0.717) is 23.4 Å². The average molecular weight is 464 g/mol. The molecule has 1 amide bonds. The van der Waals surface area contributed by atoms with Gasteiger partial charge in [-0.05, 0) is 64.4 Å². The summed E-state index contributed by atoms with van der Waals surface area (Å²) in [6, 6.07) is 12.0.